The molecule has 6 nitrogen and oxygen atoms in total. The molecule has 0 bridgehead atoms. The van der Waals surface area contributed by atoms with Crippen LogP contribution in [-0.4, -0.2) is 29.2 Å². The Labute approximate surface area is 129 Å². The van der Waals surface area contributed by atoms with Crippen LogP contribution >= 0.6 is 0 Å². The van der Waals surface area contributed by atoms with Gasteiger partial charge in [-0.25, -0.2) is 14.8 Å². The molecule has 0 aliphatic heterocycles. The van der Waals surface area contributed by atoms with Crippen molar-refractivity contribution >= 4 is 11.9 Å². The van der Waals surface area contributed by atoms with Crippen molar-refractivity contribution < 1.29 is 14.3 Å². The fraction of sp³-hybridized carbons (Fsp3) is 0.312. The van der Waals surface area contributed by atoms with Crippen LogP contribution in [0, 0.1) is 0 Å². The Kier molecular flexibility index (Phi) is 5.30. The number of ether oxygens (including phenoxy) is 2. The van der Waals surface area contributed by atoms with Crippen LogP contribution < -0.4 is 10.5 Å². The summed E-state index contributed by atoms with van der Waals surface area (Å²) in [5.74, 6) is 0.311. The molecule has 2 N–H and O–H groups in total. The summed E-state index contributed by atoms with van der Waals surface area (Å²) in [6, 6.07) is 9.00. The van der Waals surface area contributed by atoms with Crippen LogP contribution in [0.4, 0.5) is 5.95 Å². The second kappa shape index (κ2) is 7.40. The molecule has 0 amide bonds. The van der Waals surface area contributed by atoms with Crippen LogP contribution in [0.2, 0.25) is 0 Å². The molecule has 0 saturated carbocycles. The molecule has 1 aromatic carbocycles. The summed E-state index contributed by atoms with van der Waals surface area (Å²) < 4.78 is 10.5. The first-order chi connectivity index (χ1) is 10.6. The van der Waals surface area contributed by atoms with Crippen LogP contribution in [0.15, 0.2) is 30.3 Å². The van der Waals surface area contributed by atoms with Crippen LogP contribution in [0.3, 0.4) is 0 Å². The molecule has 2 rings (SSSR count). The Morgan fingerprint density at radius 2 is 1.91 bits per heavy atom. The average Bonchev–Trinajstić information content (AvgIpc) is 2.53. The van der Waals surface area contributed by atoms with E-state index in [1.807, 2.05) is 24.3 Å². The number of aromatic nitrogens is 2. The lowest BCUT2D eigenvalue weighted by atomic mass is 10.1. The molecule has 0 aliphatic rings. The zero-order chi connectivity index (χ0) is 15.9. The summed E-state index contributed by atoms with van der Waals surface area (Å²) in [5.41, 5.74) is 7.21. The molecule has 0 saturated heterocycles. The van der Waals surface area contributed by atoms with Gasteiger partial charge in [-0.05, 0) is 43.7 Å². The molecular formula is C16H19N3O3. The van der Waals surface area contributed by atoms with Crippen molar-refractivity contribution in [2.75, 3.05) is 18.9 Å². The smallest absolute Gasteiger partial charge is 0.357 e. The maximum absolute atomic E-state index is 11.8. The number of hydrogen-bond donors (Lipinski definition) is 1. The van der Waals surface area contributed by atoms with E-state index in [-0.39, 0.29) is 18.2 Å². The summed E-state index contributed by atoms with van der Waals surface area (Å²) in [7, 11) is 0. The number of carbonyl (C=O) groups excluding carboxylic acids is 1. The molecule has 0 fully saturated rings. The van der Waals surface area contributed by atoms with Gasteiger partial charge in [0.15, 0.2) is 5.69 Å². The number of nitrogens with zero attached hydrogens (tertiary/aromatic N) is 2. The first-order valence-corrected chi connectivity index (χ1v) is 7.19. The number of esters is 1. The third-order valence-corrected chi connectivity index (χ3v) is 2.85. The third-order valence-electron chi connectivity index (χ3n) is 2.85. The number of benzene rings is 1. The maximum atomic E-state index is 11.8. The first-order valence-electron chi connectivity index (χ1n) is 7.19. The van der Waals surface area contributed by atoms with Gasteiger partial charge >= 0.3 is 5.97 Å². The van der Waals surface area contributed by atoms with Crippen LogP contribution in [0.1, 0.15) is 30.8 Å². The molecule has 1 heterocycles. The van der Waals surface area contributed by atoms with Crippen LogP contribution in [0.25, 0.3) is 11.3 Å². The van der Waals surface area contributed by atoms with Gasteiger partial charge in [0.1, 0.15) is 5.75 Å². The number of hydrogen-bond acceptors (Lipinski definition) is 6. The van der Waals surface area contributed by atoms with E-state index < -0.39 is 5.97 Å². The SMILES string of the molecule is CCCOc1ccc(-c2cc(C(=O)OCC)nc(N)n2)cc1. The number of anilines is 1. The van der Waals surface area contributed by atoms with Crippen molar-refractivity contribution in [1.82, 2.24) is 9.97 Å². The van der Waals surface area contributed by atoms with Gasteiger partial charge in [0.25, 0.3) is 0 Å². The minimum atomic E-state index is -0.513. The van der Waals surface area contributed by atoms with Gasteiger partial charge < -0.3 is 15.2 Å². The maximum Gasteiger partial charge on any atom is 0.357 e. The summed E-state index contributed by atoms with van der Waals surface area (Å²) >= 11 is 0. The number of nitrogens with two attached hydrogens (primary N) is 1. The molecule has 0 aliphatic carbocycles. The van der Waals surface area contributed by atoms with Crippen LogP contribution in [-0.2, 0) is 4.74 Å². The van der Waals surface area contributed by atoms with Gasteiger partial charge in [0.05, 0.1) is 18.9 Å². The average molecular weight is 301 g/mol. The lowest BCUT2D eigenvalue weighted by Gasteiger charge is -2.07. The normalized spacial score (nSPS) is 10.3. The van der Waals surface area contributed by atoms with Gasteiger partial charge in [-0.1, -0.05) is 6.92 Å². The predicted molar refractivity (Wildman–Crippen MR) is 83.6 cm³/mol. The zero-order valence-electron chi connectivity index (χ0n) is 12.7. The summed E-state index contributed by atoms with van der Waals surface area (Å²) in [5, 5.41) is 0. The van der Waals surface area contributed by atoms with Gasteiger partial charge in [-0.15, -0.1) is 0 Å². The highest BCUT2D eigenvalue weighted by Crippen LogP contribution is 2.22. The van der Waals surface area contributed by atoms with E-state index in [1.165, 1.54) is 0 Å². The topological polar surface area (TPSA) is 87.3 Å². The van der Waals surface area contributed by atoms with Gasteiger partial charge in [0.2, 0.25) is 5.95 Å². The van der Waals surface area contributed by atoms with Gasteiger partial charge in [0, 0.05) is 5.56 Å². The number of nitrogen functional groups attached to an aromatic ring is 1. The molecule has 0 radical (unpaired) electrons. The molecule has 116 valence electrons. The van der Waals surface area contributed by atoms with Crippen molar-refractivity contribution in [2.24, 2.45) is 0 Å². The van der Waals surface area contributed by atoms with Crippen molar-refractivity contribution in [3.8, 4) is 17.0 Å². The summed E-state index contributed by atoms with van der Waals surface area (Å²) in [4.78, 5) is 19.8. The third kappa shape index (κ3) is 3.94. The van der Waals surface area contributed by atoms with E-state index >= 15 is 0 Å². The number of carbonyl (C=O) groups is 1. The molecule has 0 spiro atoms. The Balaban J connectivity index is 2.26. The molecule has 2 aromatic rings. The minimum Gasteiger partial charge on any atom is -0.494 e. The van der Waals surface area contributed by atoms with Crippen molar-refractivity contribution in [3.63, 3.8) is 0 Å². The predicted octanol–water partition coefficient (Wildman–Crippen LogP) is 2.69. The minimum absolute atomic E-state index is 0.0341. The fourth-order valence-electron chi connectivity index (χ4n) is 1.87. The van der Waals surface area contributed by atoms with E-state index in [0.717, 1.165) is 17.7 Å². The second-order valence-corrected chi connectivity index (χ2v) is 4.59. The molecule has 22 heavy (non-hydrogen) atoms. The Morgan fingerprint density at radius 1 is 1.18 bits per heavy atom. The molecule has 0 unspecified atom stereocenters. The van der Waals surface area contributed by atoms with E-state index in [0.29, 0.717) is 12.3 Å². The van der Waals surface area contributed by atoms with E-state index in [9.17, 15) is 4.79 Å². The zero-order valence-corrected chi connectivity index (χ0v) is 12.7. The molecule has 1 aromatic heterocycles. The second-order valence-electron chi connectivity index (χ2n) is 4.59. The molecule has 0 atom stereocenters. The monoisotopic (exact) mass is 301 g/mol. The van der Waals surface area contributed by atoms with E-state index in [4.69, 9.17) is 15.2 Å². The Hall–Kier alpha value is -2.63. The van der Waals surface area contributed by atoms with Crippen molar-refractivity contribution in [2.45, 2.75) is 20.3 Å². The molecule has 6 heteroatoms. The Morgan fingerprint density at radius 3 is 2.55 bits per heavy atom. The van der Waals surface area contributed by atoms with Gasteiger partial charge in [-0.3, -0.25) is 0 Å². The lowest BCUT2D eigenvalue weighted by Crippen LogP contribution is -2.10. The first kappa shape index (κ1) is 15.8. The van der Waals surface area contributed by atoms with Crippen molar-refractivity contribution in [3.05, 3.63) is 36.0 Å². The van der Waals surface area contributed by atoms with Crippen molar-refractivity contribution in [1.29, 1.82) is 0 Å². The summed E-state index contributed by atoms with van der Waals surface area (Å²) in [6.07, 6.45) is 0.951. The highest BCUT2D eigenvalue weighted by molar-refractivity contribution is 5.88. The fourth-order valence-corrected chi connectivity index (χ4v) is 1.87. The summed E-state index contributed by atoms with van der Waals surface area (Å²) in [6.45, 7) is 4.74. The molecular weight excluding hydrogens is 282 g/mol. The highest BCUT2D eigenvalue weighted by Gasteiger charge is 2.12. The van der Waals surface area contributed by atoms with E-state index in [1.54, 1.807) is 13.0 Å². The van der Waals surface area contributed by atoms with E-state index in [2.05, 4.69) is 16.9 Å². The van der Waals surface area contributed by atoms with Gasteiger partial charge in [-0.2, -0.15) is 0 Å². The highest BCUT2D eigenvalue weighted by atomic mass is 16.5. The lowest BCUT2D eigenvalue weighted by molar-refractivity contribution is 0.0519. The quantitative estimate of drug-likeness (QED) is 0.825. The van der Waals surface area contributed by atoms with Crippen LogP contribution in [0.5, 0.6) is 5.75 Å². The number of rotatable bonds is 6. The standard InChI is InChI=1S/C16H19N3O3/c1-3-9-22-12-7-5-11(6-8-12)13-10-14(15(20)21-4-2)19-16(17)18-13/h5-8,10H,3-4,9H2,1-2H3,(H2,17,18,19). The largest absolute Gasteiger partial charge is 0.494 e. The Bertz CT molecular complexity index is 642.